The van der Waals surface area contributed by atoms with Crippen LogP contribution in [0.15, 0.2) is 60.7 Å². The molecule has 0 radical (unpaired) electrons. The first kappa shape index (κ1) is 36.9. The van der Waals surface area contributed by atoms with Crippen molar-refractivity contribution in [1.29, 1.82) is 0 Å². The average Bonchev–Trinajstić information content (AvgIpc) is 3.85. The molecule has 0 saturated carbocycles. The number of nitrogens with zero attached hydrogens (tertiary/aromatic N) is 1. The SMILES string of the molecule is COc1ccc(C[C@H]2NC(=O)/C=C/C[C@@H]([C@H](C)[C@H]3O[C@@H]3c3ccccc3)OC(=O)[C@H](CC(C)C)N(C)C(=O)C(C)(C)CNC2=O)cc1Cl. The molecule has 6 atom stereocenters. The summed E-state index contributed by atoms with van der Waals surface area (Å²) in [5, 5.41) is 6.02. The van der Waals surface area contributed by atoms with E-state index in [9.17, 15) is 19.2 Å². The predicted octanol–water partition coefficient (Wildman–Crippen LogP) is 5.04. The topological polar surface area (TPSA) is 127 Å². The van der Waals surface area contributed by atoms with Gasteiger partial charge in [0.1, 0.15) is 30.0 Å². The Morgan fingerprint density at radius 1 is 1.06 bits per heavy atom. The summed E-state index contributed by atoms with van der Waals surface area (Å²) < 4.78 is 17.5. The van der Waals surface area contributed by atoms with Crippen LogP contribution in [0.5, 0.6) is 5.75 Å². The minimum Gasteiger partial charge on any atom is -0.495 e. The van der Waals surface area contributed by atoms with E-state index in [1.165, 1.54) is 18.1 Å². The van der Waals surface area contributed by atoms with Crippen molar-refractivity contribution < 1.29 is 33.4 Å². The van der Waals surface area contributed by atoms with Gasteiger partial charge in [0.25, 0.3) is 0 Å². The van der Waals surface area contributed by atoms with E-state index in [0.717, 1.165) is 5.56 Å². The first-order valence-corrected chi connectivity index (χ1v) is 16.8. The number of hydrogen-bond donors (Lipinski definition) is 2. The molecule has 11 heteroatoms. The third-order valence-electron chi connectivity index (χ3n) is 8.99. The second kappa shape index (κ2) is 16.0. The molecule has 0 unspecified atom stereocenters. The largest absolute Gasteiger partial charge is 0.495 e. The zero-order chi connectivity index (χ0) is 35.2. The van der Waals surface area contributed by atoms with Gasteiger partial charge >= 0.3 is 5.97 Å². The normalized spacial score (nSPS) is 26.7. The molecule has 0 aliphatic carbocycles. The highest BCUT2D eigenvalue weighted by molar-refractivity contribution is 6.32. The maximum absolute atomic E-state index is 13.9. The summed E-state index contributed by atoms with van der Waals surface area (Å²) in [6.45, 7) is 9.33. The third kappa shape index (κ3) is 9.38. The van der Waals surface area contributed by atoms with Crippen LogP contribution in [0, 0.1) is 17.3 Å². The summed E-state index contributed by atoms with van der Waals surface area (Å²) in [5.41, 5.74) is 0.674. The lowest BCUT2D eigenvalue weighted by Crippen LogP contribution is -2.54. The Morgan fingerprint density at radius 2 is 1.77 bits per heavy atom. The van der Waals surface area contributed by atoms with Gasteiger partial charge < -0.3 is 29.7 Å². The van der Waals surface area contributed by atoms with Crippen molar-refractivity contribution in [2.75, 3.05) is 20.7 Å². The van der Waals surface area contributed by atoms with E-state index < -0.39 is 41.4 Å². The summed E-state index contributed by atoms with van der Waals surface area (Å²) in [6, 6.07) is 13.2. The van der Waals surface area contributed by atoms with Crippen LogP contribution in [0.1, 0.15) is 64.7 Å². The number of hydrogen-bond acceptors (Lipinski definition) is 7. The number of carbonyl (C=O) groups excluding carboxylic acids is 4. The number of nitrogens with one attached hydrogen (secondary N) is 2. The molecule has 2 aromatic rings. The second-order valence-electron chi connectivity index (χ2n) is 13.8. The van der Waals surface area contributed by atoms with Crippen LogP contribution in [-0.2, 0) is 35.1 Å². The van der Waals surface area contributed by atoms with Crippen molar-refractivity contribution in [1.82, 2.24) is 15.5 Å². The third-order valence-corrected chi connectivity index (χ3v) is 9.29. The number of benzene rings is 2. The van der Waals surface area contributed by atoms with Gasteiger partial charge in [0.05, 0.1) is 23.7 Å². The molecular formula is C37H48ClN3O7. The van der Waals surface area contributed by atoms with Crippen molar-refractivity contribution >= 4 is 35.3 Å². The quantitative estimate of drug-likeness (QED) is 0.295. The van der Waals surface area contributed by atoms with E-state index in [2.05, 4.69) is 10.6 Å². The van der Waals surface area contributed by atoms with E-state index in [-0.39, 0.29) is 49.3 Å². The number of rotatable bonds is 8. The summed E-state index contributed by atoms with van der Waals surface area (Å²) in [5.74, 6) is -1.42. The number of ether oxygens (including phenoxy) is 3. The molecule has 3 amide bonds. The lowest BCUT2D eigenvalue weighted by Gasteiger charge is -2.36. The van der Waals surface area contributed by atoms with Gasteiger partial charge in [-0.3, -0.25) is 14.4 Å². The standard InChI is InChI=1S/C37H48ClN3O7/c1-22(2)18-28-35(44)47-29(23(3)32-33(48-32)25-12-9-8-10-13-25)14-11-15-31(42)40-27(20-24-16-17-30(46-7)26(38)19-24)34(43)39-21-37(4,5)36(45)41(28)6/h8-13,15-17,19,22-23,27-29,32-33H,14,18,20-21H2,1-7H3,(H,39,43)(H,40,42)/b15-11+/t23-,27+,28-,29-,32+,33+/m0/s1. The van der Waals surface area contributed by atoms with E-state index in [1.807, 2.05) is 51.1 Å². The number of amides is 3. The van der Waals surface area contributed by atoms with Gasteiger partial charge in [-0.1, -0.05) is 74.8 Å². The van der Waals surface area contributed by atoms with Crippen LogP contribution in [0.2, 0.25) is 5.02 Å². The maximum atomic E-state index is 13.9. The molecule has 2 heterocycles. The molecule has 2 aliphatic rings. The number of methoxy groups -OCH3 is 1. The first-order valence-electron chi connectivity index (χ1n) is 16.5. The lowest BCUT2D eigenvalue weighted by atomic mass is 9.89. The van der Waals surface area contributed by atoms with Gasteiger partial charge in [0.15, 0.2) is 0 Å². The number of cyclic esters (lactones) is 1. The van der Waals surface area contributed by atoms with Gasteiger partial charge in [-0.25, -0.2) is 4.79 Å². The van der Waals surface area contributed by atoms with Crippen LogP contribution in [-0.4, -0.2) is 73.6 Å². The molecule has 0 spiro atoms. The fourth-order valence-corrected chi connectivity index (χ4v) is 6.32. The molecule has 1 saturated heterocycles. The van der Waals surface area contributed by atoms with E-state index in [4.69, 9.17) is 25.8 Å². The number of carbonyl (C=O) groups is 4. The molecule has 48 heavy (non-hydrogen) atoms. The predicted molar refractivity (Wildman–Crippen MR) is 183 cm³/mol. The van der Waals surface area contributed by atoms with Crippen LogP contribution in [0.3, 0.4) is 0 Å². The van der Waals surface area contributed by atoms with Crippen molar-refractivity contribution in [3.63, 3.8) is 0 Å². The van der Waals surface area contributed by atoms with Crippen LogP contribution in [0.25, 0.3) is 0 Å². The average molecular weight is 682 g/mol. The van der Waals surface area contributed by atoms with Gasteiger partial charge in [-0.15, -0.1) is 0 Å². The first-order chi connectivity index (χ1) is 22.7. The summed E-state index contributed by atoms with van der Waals surface area (Å²) >= 11 is 6.34. The summed E-state index contributed by atoms with van der Waals surface area (Å²) in [7, 11) is 3.12. The Bertz CT molecular complexity index is 1500. The second-order valence-corrected chi connectivity index (χ2v) is 14.2. The fraction of sp³-hybridized carbons (Fsp3) is 0.514. The molecule has 10 nitrogen and oxygen atoms in total. The van der Waals surface area contributed by atoms with Gasteiger partial charge in [-0.2, -0.15) is 0 Å². The molecule has 0 aromatic heterocycles. The Balaban J connectivity index is 1.64. The molecular weight excluding hydrogens is 634 g/mol. The van der Waals surface area contributed by atoms with E-state index >= 15 is 0 Å². The molecule has 260 valence electrons. The van der Waals surface area contributed by atoms with Crippen molar-refractivity contribution in [2.24, 2.45) is 17.3 Å². The molecule has 4 rings (SSSR count). The van der Waals surface area contributed by atoms with Crippen LogP contribution < -0.4 is 15.4 Å². The van der Waals surface area contributed by atoms with Crippen molar-refractivity contribution in [3.05, 3.63) is 76.8 Å². The number of halogens is 1. The summed E-state index contributed by atoms with van der Waals surface area (Å²) in [6.07, 6.45) is 2.81. The van der Waals surface area contributed by atoms with Crippen molar-refractivity contribution in [3.8, 4) is 5.75 Å². The van der Waals surface area contributed by atoms with Crippen LogP contribution in [0.4, 0.5) is 0 Å². The Hall–Kier alpha value is -3.89. The van der Waals surface area contributed by atoms with Crippen molar-refractivity contribution in [2.45, 2.75) is 84.3 Å². The smallest absolute Gasteiger partial charge is 0.329 e. The Morgan fingerprint density at radius 3 is 2.42 bits per heavy atom. The van der Waals surface area contributed by atoms with E-state index in [0.29, 0.717) is 22.8 Å². The number of likely N-dealkylation sites (N-methyl/N-ethyl adjacent to an activating group) is 1. The Labute approximate surface area is 288 Å². The highest BCUT2D eigenvalue weighted by Gasteiger charge is 2.48. The lowest BCUT2D eigenvalue weighted by molar-refractivity contribution is -0.164. The molecule has 1 fully saturated rings. The zero-order valence-electron chi connectivity index (χ0n) is 28.8. The minimum absolute atomic E-state index is 0.0242. The fourth-order valence-electron chi connectivity index (χ4n) is 6.04. The molecule has 2 aromatic carbocycles. The summed E-state index contributed by atoms with van der Waals surface area (Å²) in [4.78, 5) is 56.0. The van der Waals surface area contributed by atoms with E-state index in [1.54, 1.807) is 45.2 Å². The number of epoxide rings is 1. The number of esters is 1. The highest BCUT2D eigenvalue weighted by Crippen LogP contribution is 2.45. The van der Waals surface area contributed by atoms with Crippen LogP contribution >= 0.6 is 11.6 Å². The van der Waals surface area contributed by atoms with Gasteiger partial charge in [-0.05, 0) is 55.5 Å². The van der Waals surface area contributed by atoms with Gasteiger partial charge in [0.2, 0.25) is 17.7 Å². The maximum Gasteiger partial charge on any atom is 0.329 e. The molecule has 0 bridgehead atoms. The Kier molecular flexibility index (Phi) is 12.3. The highest BCUT2D eigenvalue weighted by atomic mass is 35.5. The molecule has 2 N–H and O–H groups in total. The zero-order valence-corrected chi connectivity index (χ0v) is 29.6. The van der Waals surface area contributed by atoms with Gasteiger partial charge in [0, 0.05) is 32.4 Å². The minimum atomic E-state index is -1.08. The monoisotopic (exact) mass is 681 g/mol. The molecule has 2 aliphatic heterocycles.